The minimum absolute atomic E-state index is 0. The van der Waals surface area contributed by atoms with E-state index in [9.17, 15) is 4.79 Å². The lowest BCUT2D eigenvalue weighted by molar-refractivity contribution is 0.177. The Morgan fingerprint density at radius 3 is 2.81 bits per heavy atom. The summed E-state index contributed by atoms with van der Waals surface area (Å²) in [7, 11) is 0. The Kier molecular flexibility index (Phi) is 6.43. The minimum atomic E-state index is -0.300. The number of cyclic esters (lactones) is 1. The molecule has 1 aromatic carbocycles. The molecule has 2 aliphatic rings. The van der Waals surface area contributed by atoms with Crippen LogP contribution in [0.4, 0.5) is 4.79 Å². The third kappa shape index (κ3) is 4.51. The van der Waals surface area contributed by atoms with Gasteiger partial charge in [0.15, 0.2) is 0 Å². The van der Waals surface area contributed by atoms with Gasteiger partial charge in [-0.3, -0.25) is 0 Å². The van der Waals surface area contributed by atoms with Gasteiger partial charge in [-0.05, 0) is 74.4 Å². The van der Waals surface area contributed by atoms with Gasteiger partial charge in [-0.15, -0.1) is 12.4 Å². The molecule has 0 radical (unpaired) electrons. The van der Waals surface area contributed by atoms with Crippen LogP contribution in [0.5, 0.6) is 0 Å². The summed E-state index contributed by atoms with van der Waals surface area (Å²) in [5.74, 6) is 0.896. The summed E-state index contributed by atoms with van der Waals surface area (Å²) in [5.41, 5.74) is 3.87. The number of carbonyl (C=O) groups excluding carboxylic acids is 1. The molecule has 1 amide bonds. The largest absolute Gasteiger partial charge is 0.447 e. The Bertz CT molecular complexity index is 740. The van der Waals surface area contributed by atoms with E-state index in [0.717, 1.165) is 18.8 Å². The number of ether oxygens (including phenoxy) is 1. The fourth-order valence-electron chi connectivity index (χ4n) is 4.13. The summed E-state index contributed by atoms with van der Waals surface area (Å²) in [6.07, 6.45) is 9.07. The van der Waals surface area contributed by atoms with Crippen molar-refractivity contribution in [1.82, 2.24) is 15.6 Å². The van der Waals surface area contributed by atoms with Gasteiger partial charge in [0.25, 0.3) is 0 Å². The van der Waals surface area contributed by atoms with Crippen molar-refractivity contribution < 1.29 is 9.53 Å². The smallest absolute Gasteiger partial charge is 0.407 e. The second kappa shape index (κ2) is 8.78. The van der Waals surface area contributed by atoms with E-state index in [2.05, 4.69) is 40.0 Å². The maximum absolute atomic E-state index is 11.2. The molecule has 0 aliphatic carbocycles. The van der Waals surface area contributed by atoms with Crippen LogP contribution < -0.4 is 10.6 Å². The van der Waals surface area contributed by atoms with Gasteiger partial charge in [0.2, 0.25) is 0 Å². The quantitative estimate of drug-likeness (QED) is 0.721. The normalized spacial score (nSPS) is 20.6. The van der Waals surface area contributed by atoms with E-state index in [0.29, 0.717) is 6.61 Å². The van der Waals surface area contributed by atoms with Crippen LogP contribution in [0.1, 0.15) is 36.8 Å². The molecule has 1 atom stereocenters. The molecule has 2 aliphatic heterocycles. The van der Waals surface area contributed by atoms with Crippen molar-refractivity contribution in [1.29, 1.82) is 0 Å². The molecule has 2 aromatic rings. The third-order valence-electron chi connectivity index (χ3n) is 5.57. The van der Waals surface area contributed by atoms with Crippen molar-refractivity contribution >= 4 is 29.4 Å². The zero-order valence-corrected chi connectivity index (χ0v) is 15.9. The lowest BCUT2D eigenvalue weighted by Crippen LogP contribution is -2.28. The average Bonchev–Trinajstić information content (AvgIpc) is 3.22. The van der Waals surface area contributed by atoms with Gasteiger partial charge >= 0.3 is 6.09 Å². The number of rotatable bonds is 6. The molecule has 2 saturated heterocycles. The molecule has 0 bridgehead atoms. The molecule has 6 heteroatoms. The highest BCUT2D eigenvalue weighted by atomic mass is 35.5. The molecule has 0 saturated carbocycles. The molecule has 4 rings (SSSR count). The number of hydrogen-bond acceptors (Lipinski definition) is 3. The van der Waals surface area contributed by atoms with Crippen molar-refractivity contribution in [2.45, 2.75) is 44.6 Å². The fraction of sp³-hybridized carbons (Fsp3) is 0.550. The maximum Gasteiger partial charge on any atom is 0.407 e. The Labute approximate surface area is 160 Å². The van der Waals surface area contributed by atoms with Crippen molar-refractivity contribution in [3.05, 3.63) is 35.5 Å². The number of benzene rings is 1. The molecule has 3 heterocycles. The number of amides is 1. The molecule has 0 spiro atoms. The maximum atomic E-state index is 11.2. The summed E-state index contributed by atoms with van der Waals surface area (Å²) in [6, 6.07) is 6.66. The summed E-state index contributed by atoms with van der Waals surface area (Å²) >= 11 is 0. The first-order chi connectivity index (χ1) is 12.3. The Morgan fingerprint density at radius 1 is 1.19 bits per heavy atom. The van der Waals surface area contributed by atoms with Crippen molar-refractivity contribution in [2.75, 3.05) is 19.7 Å². The molecular formula is C20H28ClN3O2. The second-order valence-corrected chi connectivity index (χ2v) is 7.42. The van der Waals surface area contributed by atoms with Crippen LogP contribution in [-0.4, -0.2) is 36.8 Å². The van der Waals surface area contributed by atoms with Gasteiger partial charge in [0.1, 0.15) is 6.61 Å². The number of piperidine rings is 1. The first-order valence-electron chi connectivity index (χ1n) is 9.51. The van der Waals surface area contributed by atoms with E-state index in [1.807, 2.05) is 0 Å². The monoisotopic (exact) mass is 377 g/mol. The van der Waals surface area contributed by atoms with Gasteiger partial charge in [0, 0.05) is 17.1 Å². The summed E-state index contributed by atoms with van der Waals surface area (Å²) in [6.45, 7) is 2.83. The fourth-order valence-corrected chi connectivity index (χ4v) is 4.13. The van der Waals surface area contributed by atoms with Gasteiger partial charge in [-0.2, -0.15) is 0 Å². The highest BCUT2D eigenvalue weighted by Gasteiger charge is 2.22. The average molecular weight is 378 g/mol. The van der Waals surface area contributed by atoms with Gasteiger partial charge < -0.3 is 20.4 Å². The number of nitrogens with one attached hydrogen (secondary N) is 3. The first kappa shape index (κ1) is 19.1. The number of H-pyrrole nitrogens is 1. The SMILES string of the molecule is Cl.O=C1N[C@@H](Cc2ccc3[nH]cc(CCCC4CCNCC4)c3c2)CO1. The zero-order chi connectivity index (χ0) is 17.1. The van der Waals surface area contributed by atoms with Crippen LogP contribution in [0.15, 0.2) is 24.4 Å². The molecule has 3 N–H and O–H groups in total. The van der Waals surface area contributed by atoms with Gasteiger partial charge in [-0.25, -0.2) is 4.79 Å². The van der Waals surface area contributed by atoms with E-state index in [4.69, 9.17) is 4.74 Å². The molecule has 1 aromatic heterocycles. The van der Waals surface area contributed by atoms with Crippen LogP contribution in [0.2, 0.25) is 0 Å². The first-order valence-corrected chi connectivity index (χ1v) is 9.51. The Hall–Kier alpha value is -1.72. The van der Waals surface area contributed by atoms with E-state index >= 15 is 0 Å². The number of carbonyl (C=O) groups is 1. The molecule has 5 nitrogen and oxygen atoms in total. The topological polar surface area (TPSA) is 66.2 Å². The van der Waals surface area contributed by atoms with E-state index in [-0.39, 0.29) is 24.5 Å². The number of aryl methyl sites for hydroxylation is 1. The van der Waals surface area contributed by atoms with E-state index < -0.39 is 0 Å². The summed E-state index contributed by atoms with van der Waals surface area (Å²) < 4.78 is 4.98. The van der Waals surface area contributed by atoms with E-state index in [1.54, 1.807) is 0 Å². The number of aromatic nitrogens is 1. The minimum Gasteiger partial charge on any atom is -0.447 e. The second-order valence-electron chi connectivity index (χ2n) is 7.42. The summed E-state index contributed by atoms with van der Waals surface area (Å²) in [4.78, 5) is 14.6. The Balaban J connectivity index is 0.00000196. The predicted molar refractivity (Wildman–Crippen MR) is 106 cm³/mol. The van der Waals surface area contributed by atoms with Crippen LogP contribution in [0.25, 0.3) is 10.9 Å². The van der Waals surface area contributed by atoms with Crippen LogP contribution in [0.3, 0.4) is 0 Å². The third-order valence-corrected chi connectivity index (χ3v) is 5.57. The van der Waals surface area contributed by atoms with Crippen LogP contribution in [-0.2, 0) is 17.6 Å². The number of aromatic amines is 1. The molecule has 2 fully saturated rings. The Morgan fingerprint density at radius 2 is 2.04 bits per heavy atom. The van der Waals surface area contributed by atoms with Crippen molar-refractivity contribution in [2.24, 2.45) is 5.92 Å². The lowest BCUT2D eigenvalue weighted by Gasteiger charge is -2.22. The molecule has 142 valence electrons. The van der Waals surface area contributed by atoms with Crippen molar-refractivity contribution in [3.8, 4) is 0 Å². The lowest BCUT2D eigenvalue weighted by atomic mass is 9.91. The standard InChI is InChI=1S/C20H27N3O2.ClH/c24-20-23-17(13-25-20)10-15-4-5-19-18(11-15)16(12-22-19)3-1-2-14-6-8-21-9-7-14;/h4-5,11-12,14,17,21-22H,1-3,6-10,13H2,(H,23,24);1H/t17-;/m0./s1. The van der Waals surface area contributed by atoms with Crippen LogP contribution in [0, 0.1) is 5.92 Å². The van der Waals surface area contributed by atoms with Gasteiger partial charge in [-0.1, -0.05) is 12.5 Å². The predicted octanol–water partition coefficient (Wildman–Crippen LogP) is 3.56. The number of hydrogen-bond donors (Lipinski definition) is 3. The highest BCUT2D eigenvalue weighted by Crippen LogP contribution is 2.25. The zero-order valence-electron chi connectivity index (χ0n) is 15.1. The van der Waals surface area contributed by atoms with E-state index in [1.165, 1.54) is 60.8 Å². The number of alkyl carbamates (subject to hydrolysis) is 1. The number of halogens is 1. The molecular weight excluding hydrogens is 350 g/mol. The highest BCUT2D eigenvalue weighted by molar-refractivity contribution is 5.85. The van der Waals surface area contributed by atoms with Crippen LogP contribution >= 0.6 is 12.4 Å². The molecule has 26 heavy (non-hydrogen) atoms. The van der Waals surface area contributed by atoms with Gasteiger partial charge in [0.05, 0.1) is 6.04 Å². The number of fused-ring (bicyclic) bond motifs is 1. The van der Waals surface area contributed by atoms with Crippen molar-refractivity contribution in [3.63, 3.8) is 0 Å². The summed E-state index contributed by atoms with van der Waals surface area (Å²) in [5, 5.41) is 7.62. The molecule has 0 unspecified atom stereocenters.